The molecule has 0 saturated heterocycles. The van der Waals surface area contributed by atoms with E-state index in [1.165, 1.54) is 7.11 Å². The van der Waals surface area contributed by atoms with Gasteiger partial charge in [0.1, 0.15) is 6.04 Å². The van der Waals surface area contributed by atoms with Gasteiger partial charge in [-0.1, -0.05) is 0 Å². The molecule has 6 heteroatoms. The van der Waals surface area contributed by atoms with Gasteiger partial charge in [0.2, 0.25) is 5.91 Å². The van der Waals surface area contributed by atoms with E-state index in [0.717, 1.165) is 0 Å². The lowest BCUT2D eigenvalue weighted by molar-refractivity contribution is -0.143. The lowest BCUT2D eigenvalue weighted by Gasteiger charge is -2.23. The summed E-state index contributed by atoms with van der Waals surface area (Å²) in [5.41, 5.74) is -0.633. The van der Waals surface area contributed by atoms with E-state index in [1.807, 2.05) is 0 Å². The van der Waals surface area contributed by atoms with Gasteiger partial charge >= 0.3 is 5.97 Å². The highest BCUT2D eigenvalue weighted by Gasteiger charge is 2.25. The largest absolute Gasteiger partial charge is 0.480 e. The van der Waals surface area contributed by atoms with Crippen molar-refractivity contribution in [3.8, 4) is 0 Å². The van der Waals surface area contributed by atoms with Crippen molar-refractivity contribution < 1.29 is 24.5 Å². The second-order valence-electron chi connectivity index (χ2n) is 4.11. The quantitative estimate of drug-likeness (QED) is 0.563. The van der Waals surface area contributed by atoms with Gasteiger partial charge in [0, 0.05) is 20.1 Å². The molecule has 0 fully saturated rings. The molecule has 16 heavy (non-hydrogen) atoms. The second kappa shape index (κ2) is 6.44. The molecule has 0 aliphatic heterocycles. The van der Waals surface area contributed by atoms with E-state index < -0.39 is 23.5 Å². The maximum absolute atomic E-state index is 11.5. The molecule has 0 bridgehead atoms. The number of aliphatic carboxylic acids is 1. The summed E-state index contributed by atoms with van der Waals surface area (Å²) in [5, 5.41) is 19.7. The second-order valence-corrected chi connectivity index (χ2v) is 4.11. The molecule has 0 unspecified atom stereocenters. The van der Waals surface area contributed by atoms with Crippen molar-refractivity contribution in [2.45, 2.75) is 38.3 Å². The first-order valence-corrected chi connectivity index (χ1v) is 5.00. The first kappa shape index (κ1) is 14.9. The molecule has 0 aromatic rings. The number of hydrogen-bond donors (Lipinski definition) is 3. The normalized spacial score (nSPS) is 13.2. The van der Waals surface area contributed by atoms with Gasteiger partial charge in [-0.15, -0.1) is 0 Å². The molecule has 0 spiro atoms. The van der Waals surface area contributed by atoms with Crippen molar-refractivity contribution in [2.24, 2.45) is 0 Å². The highest BCUT2D eigenvalue weighted by Crippen LogP contribution is 2.12. The van der Waals surface area contributed by atoms with Crippen molar-refractivity contribution in [1.29, 1.82) is 0 Å². The number of carboxylic acid groups (broad SMARTS) is 1. The fourth-order valence-corrected chi connectivity index (χ4v) is 1.09. The van der Waals surface area contributed by atoms with Crippen molar-refractivity contribution in [3.63, 3.8) is 0 Å². The van der Waals surface area contributed by atoms with Crippen molar-refractivity contribution in [1.82, 2.24) is 5.32 Å². The Balaban J connectivity index is 4.25. The van der Waals surface area contributed by atoms with Gasteiger partial charge in [0.05, 0.1) is 12.0 Å². The third kappa shape index (κ3) is 5.67. The average molecular weight is 233 g/mol. The standard InChI is InChI=1S/C10H19NO5/c1-10(2,16-3)6-8(13)11-7(4-5-12)9(14)15/h7,12H,4-6H2,1-3H3,(H,11,13)(H,14,15)/t7-/m1/s1. The summed E-state index contributed by atoms with van der Waals surface area (Å²) in [6.45, 7) is 3.17. The predicted molar refractivity (Wildman–Crippen MR) is 57.0 cm³/mol. The molecule has 94 valence electrons. The number of carbonyl (C=O) groups excluding carboxylic acids is 1. The van der Waals surface area contributed by atoms with E-state index in [9.17, 15) is 9.59 Å². The number of aliphatic hydroxyl groups is 1. The van der Waals surface area contributed by atoms with Crippen LogP contribution in [0.3, 0.4) is 0 Å². The van der Waals surface area contributed by atoms with Gasteiger partial charge in [0.15, 0.2) is 0 Å². The minimum Gasteiger partial charge on any atom is -0.480 e. The van der Waals surface area contributed by atoms with Crippen LogP contribution in [0.1, 0.15) is 26.7 Å². The zero-order valence-corrected chi connectivity index (χ0v) is 9.82. The van der Waals surface area contributed by atoms with Gasteiger partial charge < -0.3 is 20.3 Å². The molecule has 0 rings (SSSR count). The summed E-state index contributed by atoms with van der Waals surface area (Å²) in [6, 6.07) is -1.05. The Kier molecular flexibility index (Phi) is 5.98. The first-order valence-electron chi connectivity index (χ1n) is 5.00. The van der Waals surface area contributed by atoms with Crippen LogP contribution in [0.15, 0.2) is 0 Å². The SMILES string of the molecule is COC(C)(C)CC(=O)N[C@H](CCO)C(=O)O. The van der Waals surface area contributed by atoms with Gasteiger partial charge in [-0.25, -0.2) is 4.79 Å². The smallest absolute Gasteiger partial charge is 0.326 e. The van der Waals surface area contributed by atoms with Crippen LogP contribution >= 0.6 is 0 Å². The topological polar surface area (TPSA) is 95.9 Å². The molecular formula is C10H19NO5. The average Bonchev–Trinajstić information content (AvgIpc) is 2.16. The highest BCUT2D eigenvalue weighted by molar-refractivity contribution is 5.83. The summed E-state index contributed by atoms with van der Waals surface area (Å²) in [7, 11) is 1.48. The molecule has 1 amide bonds. The predicted octanol–water partition coefficient (Wildman–Crippen LogP) is -0.247. The minimum absolute atomic E-state index is 0.00547. The van der Waals surface area contributed by atoms with E-state index in [2.05, 4.69) is 5.32 Å². The van der Waals surface area contributed by atoms with Crippen LogP contribution < -0.4 is 5.32 Å². The third-order valence-corrected chi connectivity index (χ3v) is 2.19. The summed E-state index contributed by atoms with van der Waals surface area (Å²) in [4.78, 5) is 22.2. The van der Waals surface area contributed by atoms with Crippen LogP contribution in [0, 0.1) is 0 Å². The maximum Gasteiger partial charge on any atom is 0.326 e. The number of ether oxygens (including phenoxy) is 1. The molecule has 3 N–H and O–H groups in total. The fraction of sp³-hybridized carbons (Fsp3) is 0.800. The Morgan fingerprint density at radius 2 is 2.00 bits per heavy atom. The van der Waals surface area contributed by atoms with Gasteiger partial charge in [-0.2, -0.15) is 0 Å². The Bertz CT molecular complexity index is 252. The number of amides is 1. The number of hydrogen-bond acceptors (Lipinski definition) is 4. The Morgan fingerprint density at radius 1 is 1.44 bits per heavy atom. The molecule has 0 aromatic heterocycles. The van der Waals surface area contributed by atoms with Gasteiger partial charge in [-0.3, -0.25) is 4.79 Å². The van der Waals surface area contributed by atoms with Crippen LogP contribution in [0.4, 0.5) is 0 Å². The third-order valence-electron chi connectivity index (χ3n) is 2.19. The lowest BCUT2D eigenvalue weighted by Crippen LogP contribution is -2.44. The molecule has 0 aliphatic carbocycles. The van der Waals surface area contributed by atoms with E-state index in [4.69, 9.17) is 14.9 Å². The van der Waals surface area contributed by atoms with E-state index in [0.29, 0.717) is 0 Å². The zero-order valence-electron chi connectivity index (χ0n) is 9.82. The first-order chi connectivity index (χ1) is 7.32. The number of nitrogens with one attached hydrogen (secondary N) is 1. The van der Waals surface area contributed by atoms with E-state index in [-0.39, 0.29) is 19.4 Å². The number of methoxy groups -OCH3 is 1. The number of carboxylic acids is 1. The Hall–Kier alpha value is -1.14. The molecular weight excluding hydrogens is 214 g/mol. The monoisotopic (exact) mass is 233 g/mol. The van der Waals surface area contributed by atoms with E-state index in [1.54, 1.807) is 13.8 Å². The van der Waals surface area contributed by atoms with Crippen molar-refractivity contribution >= 4 is 11.9 Å². The van der Waals surface area contributed by atoms with Gasteiger partial charge in [-0.05, 0) is 13.8 Å². The summed E-state index contributed by atoms with van der Waals surface area (Å²) < 4.78 is 5.05. The maximum atomic E-state index is 11.5. The lowest BCUT2D eigenvalue weighted by atomic mass is 10.0. The number of carbonyl (C=O) groups is 2. The summed E-state index contributed by atoms with van der Waals surface area (Å²) in [6.07, 6.45) is 0.0627. The van der Waals surface area contributed by atoms with Crippen molar-refractivity contribution in [3.05, 3.63) is 0 Å². The molecule has 0 aliphatic rings. The zero-order chi connectivity index (χ0) is 12.8. The minimum atomic E-state index is -1.15. The molecule has 0 aromatic carbocycles. The Labute approximate surface area is 94.6 Å². The molecule has 0 saturated carbocycles. The number of aliphatic hydroxyl groups excluding tert-OH is 1. The molecule has 0 radical (unpaired) electrons. The molecule has 1 atom stereocenters. The Morgan fingerprint density at radius 3 is 2.38 bits per heavy atom. The van der Waals surface area contributed by atoms with Crippen LogP contribution in [0.2, 0.25) is 0 Å². The fourth-order valence-electron chi connectivity index (χ4n) is 1.09. The summed E-state index contributed by atoms with van der Waals surface area (Å²) >= 11 is 0. The molecule has 0 heterocycles. The van der Waals surface area contributed by atoms with Crippen LogP contribution in [0.5, 0.6) is 0 Å². The summed E-state index contributed by atoms with van der Waals surface area (Å²) in [5.74, 6) is -1.56. The van der Waals surface area contributed by atoms with E-state index >= 15 is 0 Å². The van der Waals surface area contributed by atoms with Crippen LogP contribution in [-0.4, -0.2) is 47.4 Å². The highest BCUT2D eigenvalue weighted by atomic mass is 16.5. The van der Waals surface area contributed by atoms with Crippen LogP contribution in [0.25, 0.3) is 0 Å². The number of rotatable bonds is 7. The molecule has 6 nitrogen and oxygen atoms in total. The van der Waals surface area contributed by atoms with Gasteiger partial charge in [0.25, 0.3) is 0 Å². The van der Waals surface area contributed by atoms with Crippen LogP contribution in [-0.2, 0) is 14.3 Å². The van der Waals surface area contributed by atoms with Crippen molar-refractivity contribution in [2.75, 3.05) is 13.7 Å².